The predicted octanol–water partition coefficient (Wildman–Crippen LogP) is 3.39. The lowest BCUT2D eigenvalue weighted by Gasteiger charge is -2.28. The van der Waals surface area contributed by atoms with Gasteiger partial charge in [0.1, 0.15) is 5.82 Å². The molecule has 2 aliphatic heterocycles. The van der Waals surface area contributed by atoms with Crippen LogP contribution in [0.15, 0.2) is 6.20 Å². The molecule has 3 heterocycles. The van der Waals surface area contributed by atoms with E-state index >= 15 is 0 Å². The molecule has 2 atom stereocenters. The molecule has 1 aromatic heterocycles. The minimum Gasteiger partial charge on any atom is -0.329 e. The van der Waals surface area contributed by atoms with Gasteiger partial charge in [0.05, 0.1) is 0 Å². The normalized spacial score (nSPS) is 30.1. The van der Waals surface area contributed by atoms with Crippen LogP contribution in [-0.2, 0) is 6.42 Å². The van der Waals surface area contributed by atoms with E-state index in [4.69, 9.17) is 4.98 Å². The van der Waals surface area contributed by atoms with Crippen molar-refractivity contribution in [2.75, 3.05) is 11.5 Å². The number of rotatable bonds is 1. The van der Waals surface area contributed by atoms with E-state index in [1.54, 1.807) is 0 Å². The van der Waals surface area contributed by atoms with Gasteiger partial charge in [-0.15, -0.1) is 0 Å². The van der Waals surface area contributed by atoms with E-state index in [1.165, 1.54) is 55.1 Å². The molecule has 0 aromatic carbocycles. The van der Waals surface area contributed by atoms with E-state index in [0.29, 0.717) is 12.0 Å². The fraction of sp³-hybridized carbons (Fsp3) is 0.769. The first kappa shape index (κ1) is 10.7. The van der Waals surface area contributed by atoms with Gasteiger partial charge in [-0.05, 0) is 44.8 Å². The maximum Gasteiger partial charge on any atom is 0.113 e. The zero-order valence-electron chi connectivity index (χ0n) is 9.98. The molecule has 2 nitrogen and oxygen atoms in total. The smallest absolute Gasteiger partial charge is 0.113 e. The lowest BCUT2D eigenvalue weighted by molar-refractivity contribution is 0.406. The van der Waals surface area contributed by atoms with Crippen LogP contribution < -0.4 is 0 Å². The highest BCUT2D eigenvalue weighted by Gasteiger charge is 2.26. The third-order valence-electron chi connectivity index (χ3n) is 3.92. The second-order valence-corrected chi connectivity index (χ2v) is 6.28. The molecule has 88 valence electrons. The number of imidazole rings is 1. The number of thioether (sulfide) groups is 1. The van der Waals surface area contributed by atoms with Crippen LogP contribution in [0.3, 0.4) is 0 Å². The first-order valence-corrected chi connectivity index (χ1v) is 7.65. The summed E-state index contributed by atoms with van der Waals surface area (Å²) >= 11 is 2.10. The first-order chi connectivity index (χ1) is 7.86. The van der Waals surface area contributed by atoms with Crippen LogP contribution in [0.25, 0.3) is 0 Å². The fourth-order valence-electron chi connectivity index (χ4n) is 3.06. The Labute approximate surface area is 102 Å². The van der Waals surface area contributed by atoms with Gasteiger partial charge in [0.2, 0.25) is 0 Å². The van der Waals surface area contributed by atoms with Crippen LogP contribution in [0.5, 0.6) is 0 Å². The van der Waals surface area contributed by atoms with Crippen molar-refractivity contribution in [1.82, 2.24) is 9.55 Å². The van der Waals surface area contributed by atoms with E-state index in [2.05, 4.69) is 29.4 Å². The largest absolute Gasteiger partial charge is 0.329 e. The zero-order valence-corrected chi connectivity index (χ0v) is 10.8. The van der Waals surface area contributed by atoms with Crippen molar-refractivity contribution < 1.29 is 0 Å². The molecular formula is C13H20N2S. The summed E-state index contributed by atoms with van der Waals surface area (Å²) in [6.45, 7) is 2.35. The highest BCUT2D eigenvalue weighted by molar-refractivity contribution is 7.99. The molecule has 3 rings (SSSR count). The monoisotopic (exact) mass is 236 g/mol. The third kappa shape index (κ3) is 1.79. The molecule has 0 radical (unpaired) electrons. The molecule has 0 N–H and O–H groups in total. The summed E-state index contributed by atoms with van der Waals surface area (Å²) < 4.78 is 2.54. The van der Waals surface area contributed by atoms with Crippen molar-refractivity contribution in [3.8, 4) is 0 Å². The predicted molar refractivity (Wildman–Crippen MR) is 69.2 cm³/mol. The second-order valence-electron chi connectivity index (χ2n) is 5.13. The summed E-state index contributed by atoms with van der Waals surface area (Å²) in [6, 6.07) is 0.674. The summed E-state index contributed by atoms with van der Waals surface area (Å²) in [4.78, 5) is 4.72. The number of aromatic nitrogens is 2. The van der Waals surface area contributed by atoms with Gasteiger partial charge in [-0.2, -0.15) is 11.8 Å². The molecule has 2 aliphatic rings. The third-order valence-corrected chi connectivity index (χ3v) is 5.14. The first-order valence-electron chi connectivity index (χ1n) is 6.50. The molecule has 2 unspecified atom stereocenters. The maximum absolute atomic E-state index is 4.72. The minimum atomic E-state index is 0.674. The Kier molecular flexibility index (Phi) is 2.97. The van der Waals surface area contributed by atoms with Crippen molar-refractivity contribution >= 4 is 11.8 Å². The van der Waals surface area contributed by atoms with Crippen LogP contribution in [0.1, 0.15) is 56.1 Å². The van der Waals surface area contributed by atoms with Gasteiger partial charge < -0.3 is 4.57 Å². The second kappa shape index (κ2) is 4.44. The lowest BCUT2D eigenvalue weighted by atomic mass is 10.0. The van der Waals surface area contributed by atoms with Gasteiger partial charge in [0.15, 0.2) is 0 Å². The van der Waals surface area contributed by atoms with Gasteiger partial charge in [-0.1, -0.05) is 0 Å². The standard InChI is InChI=1S/C13H20N2S/c1-10-4-2-6-12-8-14-13(15(10)12)11-5-3-7-16-9-11/h8,10-11H,2-7,9H2,1H3. The van der Waals surface area contributed by atoms with Gasteiger partial charge >= 0.3 is 0 Å². The molecule has 0 saturated carbocycles. The van der Waals surface area contributed by atoms with Crippen LogP contribution in [0.2, 0.25) is 0 Å². The number of hydrogen-bond acceptors (Lipinski definition) is 2. The van der Waals surface area contributed by atoms with E-state index in [9.17, 15) is 0 Å². The Balaban J connectivity index is 1.91. The summed E-state index contributed by atoms with van der Waals surface area (Å²) in [5, 5.41) is 0. The van der Waals surface area contributed by atoms with Crippen molar-refractivity contribution in [2.24, 2.45) is 0 Å². The molecule has 0 amide bonds. The van der Waals surface area contributed by atoms with Gasteiger partial charge in [0.25, 0.3) is 0 Å². The van der Waals surface area contributed by atoms with Crippen molar-refractivity contribution in [3.63, 3.8) is 0 Å². The molecular weight excluding hydrogens is 216 g/mol. The Morgan fingerprint density at radius 1 is 1.38 bits per heavy atom. The molecule has 16 heavy (non-hydrogen) atoms. The molecule has 0 bridgehead atoms. The summed E-state index contributed by atoms with van der Waals surface area (Å²) in [5.41, 5.74) is 1.48. The molecule has 0 spiro atoms. The van der Waals surface area contributed by atoms with Crippen molar-refractivity contribution in [2.45, 2.75) is 51.0 Å². The average Bonchev–Trinajstić information content (AvgIpc) is 2.75. The summed E-state index contributed by atoms with van der Waals surface area (Å²) in [6.07, 6.45) is 8.74. The summed E-state index contributed by atoms with van der Waals surface area (Å²) in [7, 11) is 0. The van der Waals surface area contributed by atoms with Crippen LogP contribution >= 0.6 is 11.8 Å². The lowest BCUT2D eigenvalue weighted by Crippen LogP contribution is -2.21. The molecule has 0 aliphatic carbocycles. The minimum absolute atomic E-state index is 0.674. The SMILES string of the molecule is CC1CCCc2cnc(C3CCCSC3)n21. The zero-order chi connectivity index (χ0) is 11.0. The number of nitrogens with zero attached hydrogens (tertiary/aromatic N) is 2. The van der Waals surface area contributed by atoms with Crippen molar-refractivity contribution in [3.05, 3.63) is 17.7 Å². The summed E-state index contributed by atoms with van der Waals surface area (Å²) in [5.74, 6) is 4.73. The number of aryl methyl sites for hydroxylation is 1. The fourth-order valence-corrected chi connectivity index (χ4v) is 4.20. The average molecular weight is 236 g/mol. The highest BCUT2D eigenvalue weighted by atomic mass is 32.2. The highest BCUT2D eigenvalue weighted by Crippen LogP contribution is 2.35. The molecule has 1 saturated heterocycles. The van der Waals surface area contributed by atoms with Crippen LogP contribution in [0.4, 0.5) is 0 Å². The quantitative estimate of drug-likeness (QED) is 0.744. The Morgan fingerprint density at radius 3 is 3.12 bits per heavy atom. The van der Waals surface area contributed by atoms with Gasteiger partial charge in [-0.25, -0.2) is 4.98 Å². The topological polar surface area (TPSA) is 17.8 Å². The Hall–Kier alpha value is -0.440. The van der Waals surface area contributed by atoms with E-state index in [-0.39, 0.29) is 0 Å². The maximum atomic E-state index is 4.72. The van der Waals surface area contributed by atoms with E-state index in [0.717, 1.165) is 0 Å². The van der Waals surface area contributed by atoms with E-state index < -0.39 is 0 Å². The van der Waals surface area contributed by atoms with Gasteiger partial charge in [-0.3, -0.25) is 0 Å². The van der Waals surface area contributed by atoms with E-state index in [1.807, 2.05) is 0 Å². The Morgan fingerprint density at radius 2 is 2.31 bits per heavy atom. The van der Waals surface area contributed by atoms with Crippen LogP contribution in [-0.4, -0.2) is 21.1 Å². The molecule has 1 aromatic rings. The molecule has 1 fully saturated rings. The van der Waals surface area contributed by atoms with Crippen LogP contribution in [0, 0.1) is 0 Å². The Bertz CT molecular complexity index is 366. The molecule has 3 heteroatoms. The van der Waals surface area contributed by atoms with Gasteiger partial charge in [0, 0.05) is 29.6 Å². The van der Waals surface area contributed by atoms with Crippen molar-refractivity contribution in [1.29, 1.82) is 0 Å². The number of fused-ring (bicyclic) bond motifs is 1. The number of hydrogen-bond donors (Lipinski definition) is 0.